The summed E-state index contributed by atoms with van der Waals surface area (Å²) in [6.07, 6.45) is 9.69. The van der Waals surface area contributed by atoms with Crippen molar-refractivity contribution in [3.8, 4) is 5.75 Å². The number of aliphatic hydroxyl groups is 1. The molecule has 1 amide bonds. The molecular weight excluding hydrogens is 484 g/mol. The molecule has 0 aromatic heterocycles. The molecule has 2 saturated carbocycles. The smallest absolute Gasteiger partial charge is 0.286 e. The average molecular weight is 523 g/mol. The summed E-state index contributed by atoms with van der Waals surface area (Å²) in [6, 6.07) is 6.32. The first-order valence-electron chi connectivity index (χ1n) is 13.0. The zero-order chi connectivity index (χ0) is 25.5. The second-order valence-electron chi connectivity index (χ2n) is 9.80. The van der Waals surface area contributed by atoms with Gasteiger partial charge in [0.2, 0.25) is 16.3 Å². The Morgan fingerprint density at radius 1 is 1.11 bits per heavy atom. The number of carbonyl (C=O) groups excluding carboxylic acids is 1. The molecule has 3 aliphatic rings. The maximum atomic E-state index is 13.1. The lowest BCUT2D eigenvalue weighted by atomic mass is 9.73. The summed E-state index contributed by atoms with van der Waals surface area (Å²) in [6.45, 7) is -0.235. The molecule has 0 radical (unpaired) electrons. The quantitative estimate of drug-likeness (QED) is 0.434. The molecule has 4 rings (SSSR count). The molecule has 1 aliphatic heterocycles. The molecule has 200 valence electrons. The van der Waals surface area contributed by atoms with Crippen LogP contribution < -0.4 is 10.1 Å². The Morgan fingerprint density at radius 3 is 2.44 bits per heavy atom. The average Bonchev–Trinajstić information content (AvgIpc) is 3.35. The van der Waals surface area contributed by atoms with Crippen molar-refractivity contribution in [1.29, 1.82) is 0 Å². The summed E-state index contributed by atoms with van der Waals surface area (Å²) in [5, 5.41) is 12.6. The van der Waals surface area contributed by atoms with E-state index in [9.17, 15) is 18.3 Å². The summed E-state index contributed by atoms with van der Waals surface area (Å²) in [4.78, 5) is 13.0. The van der Waals surface area contributed by atoms with Crippen LogP contribution >= 0.6 is 0 Å². The van der Waals surface area contributed by atoms with Crippen LogP contribution in [-0.4, -0.2) is 69.5 Å². The predicted octanol–water partition coefficient (Wildman–Crippen LogP) is 2.80. The van der Waals surface area contributed by atoms with Crippen LogP contribution in [0.2, 0.25) is 0 Å². The van der Waals surface area contributed by atoms with Crippen molar-refractivity contribution in [2.75, 3.05) is 33.4 Å². The molecule has 1 aromatic carbocycles. The lowest BCUT2D eigenvalue weighted by Crippen LogP contribution is -2.40. The second-order valence-corrected chi connectivity index (χ2v) is 11.7. The number of carbonyl (C=O) groups is 1. The minimum Gasteiger partial charge on any atom is -0.497 e. The topological polar surface area (TPSA) is 114 Å². The maximum absolute atomic E-state index is 13.1. The highest BCUT2D eigenvalue weighted by Gasteiger charge is 2.35. The monoisotopic (exact) mass is 522 g/mol. The predicted molar refractivity (Wildman–Crippen MR) is 134 cm³/mol. The molecule has 0 spiro atoms. The van der Waals surface area contributed by atoms with E-state index in [0.717, 1.165) is 38.5 Å². The van der Waals surface area contributed by atoms with Crippen LogP contribution in [0.3, 0.4) is 0 Å². The van der Waals surface area contributed by atoms with Gasteiger partial charge in [0.1, 0.15) is 5.75 Å². The van der Waals surface area contributed by atoms with Crippen LogP contribution in [0.4, 0.5) is 0 Å². The third-order valence-electron chi connectivity index (χ3n) is 7.45. The van der Waals surface area contributed by atoms with Crippen LogP contribution in [0.5, 0.6) is 5.75 Å². The van der Waals surface area contributed by atoms with E-state index in [1.54, 1.807) is 12.1 Å². The van der Waals surface area contributed by atoms with Crippen LogP contribution in [0, 0.1) is 11.8 Å². The molecule has 2 aliphatic carbocycles. The van der Waals surface area contributed by atoms with Gasteiger partial charge >= 0.3 is 0 Å². The standard InChI is InChI=1S/C26H38N2O7S/c1-33-22-9-11-23(12-10-22)36(31,32)28(13-15-29)14-16-34-25-18-20(19-5-4-6-19)17-24(35-25)26(30)27-21-7-2-3-8-21/h9-12,17,19-21,25,29H,2-8,13-16,18H2,1H3,(H,27,30)/t20-,25+/m0/s1. The van der Waals surface area contributed by atoms with E-state index in [0.29, 0.717) is 23.8 Å². The third-order valence-corrected chi connectivity index (χ3v) is 9.36. The van der Waals surface area contributed by atoms with Gasteiger partial charge in [0, 0.05) is 25.6 Å². The zero-order valence-electron chi connectivity index (χ0n) is 20.9. The number of nitrogens with one attached hydrogen (secondary N) is 1. The number of methoxy groups -OCH3 is 1. The molecule has 10 heteroatoms. The Bertz CT molecular complexity index is 1000. The summed E-state index contributed by atoms with van der Waals surface area (Å²) >= 11 is 0. The molecule has 1 heterocycles. The fourth-order valence-corrected chi connectivity index (χ4v) is 6.53. The molecule has 0 unspecified atom stereocenters. The molecule has 2 fully saturated rings. The number of ether oxygens (including phenoxy) is 3. The number of rotatable bonds is 12. The summed E-state index contributed by atoms with van der Waals surface area (Å²) in [7, 11) is -2.31. The first kappa shape index (κ1) is 26.9. The Morgan fingerprint density at radius 2 is 1.83 bits per heavy atom. The summed E-state index contributed by atoms with van der Waals surface area (Å²) < 4.78 is 44.5. The van der Waals surface area contributed by atoms with Gasteiger partial charge in [-0.3, -0.25) is 4.79 Å². The molecular formula is C26H38N2O7S. The molecule has 0 bridgehead atoms. The molecule has 9 nitrogen and oxygen atoms in total. The number of hydrogen-bond donors (Lipinski definition) is 2. The molecule has 36 heavy (non-hydrogen) atoms. The van der Waals surface area contributed by atoms with Crippen molar-refractivity contribution < 1.29 is 32.5 Å². The van der Waals surface area contributed by atoms with Gasteiger partial charge in [0.15, 0.2) is 5.76 Å². The first-order valence-corrected chi connectivity index (χ1v) is 14.4. The number of sulfonamides is 1. The maximum Gasteiger partial charge on any atom is 0.286 e. The van der Waals surface area contributed by atoms with Crippen molar-refractivity contribution >= 4 is 15.9 Å². The number of nitrogens with zero attached hydrogens (tertiary/aromatic N) is 1. The third kappa shape index (κ3) is 6.59. The Labute approximate surface area is 213 Å². The summed E-state index contributed by atoms with van der Waals surface area (Å²) in [5.41, 5.74) is 0. The van der Waals surface area contributed by atoms with Crippen molar-refractivity contribution in [2.45, 2.75) is 68.6 Å². The number of aliphatic hydroxyl groups excluding tert-OH is 1. The zero-order valence-corrected chi connectivity index (χ0v) is 21.8. The van der Waals surface area contributed by atoms with E-state index in [1.807, 2.05) is 6.08 Å². The van der Waals surface area contributed by atoms with Gasteiger partial charge in [-0.1, -0.05) is 19.3 Å². The Balaban J connectivity index is 1.37. The highest BCUT2D eigenvalue weighted by Crippen LogP contribution is 2.40. The normalized spacial score (nSPS) is 23.1. The minimum absolute atomic E-state index is 0.0518. The Hall–Kier alpha value is -2.14. The summed E-state index contributed by atoms with van der Waals surface area (Å²) in [5.74, 6) is 1.41. The van der Waals surface area contributed by atoms with E-state index in [-0.39, 0.29) is 49.1 Å². The van der Waals surface area contributed by atoms with E-state index in [1.165, 1.54) is 30.0 Å². The molecule has 2 N–H and O–H groups in total. The van der Waals surface area contributed by atoms with E-state index >= 15 is 0 Å². The van der Waals surface area contributed by atoms with Crippen LogP contribution in [-0.2, 0) is 24.3 Å². The van der Waals surface area contributed by atoms with Gasteiger partial charge in [-0.25, -0.2) is 8.42 Å². The lowest BCUT2D eigenvalue weighted by Gasteiger charge is -2.37. The molecule has 1 aromatic rings. The Kier molecular flexibility index (Phi) is 9.27. The molecule has 2 atom stereocenters. The van der Waals surface area contributed by atoms with E-state index in [2.05, 4.69) is 5.32 Å². The molecule has 0 saturated heterocycles. The van der Waals surface area contributed by atoms with Crippen molar-refractivity contribution in [1.82, 2.24) is 9.62 Å². The van der Waals surface area contributed by atoms with Crippen LogP contribution in [0.1, 0.15) is 51.4 Å². The largest absolute Gasteiger partial charge is 0.497 e. The fraction of sp³-hybridized carbons (Fsp3) is 0.654. The van der Waals surface area contributed by atoms with Gasteiger partial charge < -0.3 is 24.6 Å². The number of hydrogen-bond acceptors (Lipinski definition) is 7. The van der Waals surface area contributed by atoms with Crippen LogP contribution in [0.25, 0.3) is 0 Å². The number of allylic oxidation sites excluding steroid dienone is 1. The van der Waals surface area contributed by atoms with E-state index < -0.39 is 16.3 Å². The van der Waals surface area contributed by atoms with Gasteiger partial charge in [0.25, 0.3) is 5.91 Å². The lowest BCUT2D eigenvalue weighted by molar-refractivity contribution is -0.152. The number of amides is 1. The van der Waals surface area contributed by atoms with E-state index in [4.69, 9.17) is 14.2 Å². The van der Waals surface area contributed by atoms with Gasteiger partial charge in [0.05, 0.1) is 25.2 Å². The first-order chi connectivity index (χ1) is 17.4. The second kappa shape index (κ2) is 12.4. The van der Waals surface area contributed by atoms with Gasteiger partial charge in [-0.15, -0.1) is 0 Å². The SMILES string of the molecule is COc1ccc(S(=O)(=O)N(CCO)CCO[C@H]2C[C@@H](C3CCC3)C=C(C(=O)NC3CCCC3)O2)cc1. The number of benzene rings is 1. The highest BCUT2D eigenvalue weighted by molar-refractivity contribution is 7.89. The minimum atomic E-state index is -3.83. The van der Waals surface area contributed by atoms with Crippen molar-refractivity contribution in [3.05, 3.63) is 36.1 Å². The fourth-order valence-electron chi connectivity index (χ4n) is 5.11. The van der Waals surface area contributed by atoms with Gasteiger partial charge in [-0.2, -0.15) is 4.31 Å². The van der Waals surface area contributed by atoms with Crippen molar-refractivity contribution in [2.24, 2.45) is 11.8 Å². The van der Waals surface area contributed by atoms with Crippen LogP contribution in [0.15, 0.2) is 41.0 Å². The van der Waals surface area contributed by atoms with Gasteiger partial charge in [-0.05, 0) is 67.9 Å². The van der Waals surface area contributed by atoms with Crippen molar-refractivity contribution in [3.63, 3.8) is 0 Å². The highest BCUT2D eigenvalue weighted by atomic mass is 32.2.